The number of β-amino-alcohol motifs (C(OH)–C–C–N with tert-alkyl or cyclic N) is 1. The van der Waals surface area contributed by atoms with E-state index < -0.39 is 0 Å². The van der Waals surface area contributed by atoms with Gasteiger partial charge in [-0.2, -0.15) is 0 Å². The summed E-state index contributed by atoms with van der Waals surface area (Å²) < 4.78 is 2.32. The van der Waals surface area contributed by atoms with Crippen LogP contribution in [-0.2, 0) is 13.1 Å². The van der Waals surface area contributed by atoms with Crippen molar-refractivity contribution in [2.75, 3.05) is 31.1 Å². The number of nitrogens with zero attached hydrogens (tertiary/aromatic N) is 7. The molecule has 4 heterocycles. The van der Waals surface area contributed by atoms with Crippen molar-refractivity contribution in [3.05, 3.63) is 66.0 Å². The number of halogens is 3. The summed E-state index contributed by atoms with van der Waals surface area (Å²) in [6.07, 6.45) is 7.30. The molecule has 11 heteroatoms. The van der Waals surface area contributed by atoms with Crippen LogP contribution in [0.2, 0.25) is 0 Å². The van der Waals surface area contributed by atoms with Gasteiger partial charge in [-0.05, 0) is 43.9 Å². The van der Waals surface area contributed by atoms with Crippen molar-refractivity contribution in [3.63, 3.8) is 0 Å². The normalized spacial score (nSPS) is 18.8. The summed E-state index contributed by atoms with van der Waals surface area (Å²) in [6, 6.07) is 12.4. The predicted molar refractivity (Wildman–Crippen MR) is 144 cm³/mol. The van der Waals surface area contributed by atoms with Crippen LogP contribution in [0.5, 0.6) is 0 Å². The van der Waals surface area contributed by atoms with E-state index >= 15 is 0 Å². The molecule has 0 radical (unpaired) electrons. The van der Waals surface area contributed by atoms with Crippen LogP contribution in [-0.4, -0.2) is 67.0 Å². The van der Waals surface area contributed by atoms with E-state index in [0.29, 0.717) is 12.5 Å². The standard InChI is InChI=1S/C24H31N7O.3ClH/c32-21-8-4-13-29(17-21)18-22-27-28-23(31(22)16-19-6-2-1-3-7-19)20-9-14-30(15-10-20)24-25-11-5-12-26-24;;;/h1-3,5-7,11-12,20-21,32H,4,8-10,13-18H2;3*1H. The van der Waals surface area contributed by atoms with Gasteiger partial charge in [-0.3, -0.25) is 4.90 Å². The van der Waals surface area contributed by atoms with Gasteiger partial charge in [0.25, 0.3) is 0 Å². The lowest BCUT2D eigenvalue weighted by atomic mass is 9.96. The zero-order chi connectivity index (χ0) is 21.8. The third-order valence-corrected chi connectivity index (χ3v) is 6.58. The molecule has 2 aliphatic heterocycles. The Morgan fingerprint density at radius 3 is 2.23 bits per heavy atom. The molecule has 2 aromatic heterocycles. The van der Waals surface area contributed by atoms with Crippen molar-refractivity contribution >= 4 is 43.2 Å². The van der Waals surface area contributed by atoms with E-state index in [-0.39, 0.29) is 43.3 Å². The van der Waals surface area contributed by atoms with Gasteiger partial charge in [-0.25, -0.2) is 9.97 Å². The largest absolute Gasteiger partial charge is 0.392 e. The smallest absolute Gasteiger partial charge is 0.225 e. The number of rotatable bonds is 6. The number of anilines is 1. The third kappa shape index (κ3) is 7.27. The molecule has 0 aliphatic carbocycles. The number of aliphatic hydroxyl groups is 1. The Labute approximate surface area is 225 Å². The second kappa shape index (κ2) is 13.9. The highest BCUT2D eigenvalue weighted by atomic mass is 35.5. The van der Waals surface area contributed by atoms with Crippen molar-refractivity contribution in [1.29, 1.82) is 0 Å². The number of benzene rings is 1. The fourth-order valence-corrected chi connectivity index (χ4v) is 4.87. The van der Waals surface area contributed by atoms with Crippen LogP contribution in [0.3, 0.4) is 0 Å². The first kappa shape index (κ1) is 29.3. The lowest BCUT2D eigenvalue weighted by Crippen LogP contribution is -2.38. The molecule has 5 rings (SSSR count). The summed E-state index contributed by atoms with van der Waals surface area (Å²) >= 11 is 0. The summed E-state index contributed by atoms with van der Waals surface area (Å²) in [5.41, 5.74) is 1.25. The van der Waals surface area contributed by atoms with E-state index in [4.69, 9.17) is 5.10 Å². The maximum atomic E-state index is 10.1. The van der Waals surface area contributed by atoms with E-state index in [1.54, 1.807) is 12.4 Å². The topological polar surface area (TPSA) is 83.2 Å². The molecule has 1 N–H and O–H groups in total. The molecule has 2 fully saturated rings. The number of piperidine rings is 2. The summed E-state index contributed by atoms with van der Waals surface area (Å²) in [6.45, 7) is 5.05. The van der Waals surface area contributed by atoms with Crippen LogP contribution in [0.1, 0.15) is 48.8 Å². The van der Waals surface area contributed by atoms with Crippen LogP contribution in [0.15, 0.2) is 48.8 Å². The molecule has 3 aromatic rings. The van der Waals surface area contributed by atoms with E-state index in [1.165, 1.54) is 5.56 Å². The zero-order valence-electron chi connectivity index (χ0n) is 19.6. The quantitative estimate of drug-likeness (QED) is 0.508. The van der Waals surface area contributed by atoms with Crippen molar-refractivity contribution in [2.24, 2.45) is 0 Å². The Morgan fingerprint density at radius 1 is 0.829 bits per heavy atom. The Morgan fingerprint density at radius 2 is 1.54 bits per heavy atom. The van der Waals surface area contributed by atoms with Gasteiger partial charge < -0.3 is 14.6 Å². The Balaban J connectivity index is 0.00000144. The van der Waals surface area contributed by atoms with Crippen LogP contribution in [0, 0.1) is 0 Å². The van der Waals surface area contributed by atoms with Crippen molar-refractivity contribution in [2.45, 2.75) is 50.8 Å². The van der Waals surface area contributed by atoms with Gasteiger partial charge in [0.15, 0.2) is 0 Å². The van der Waals surface area contributed by atoms with Crippen LogP contribution < -0.4 is 4.90 Å². The maximum absolute atomic E-state index is 10.1. The maximum Gasteiger partial charge on any atom is 0.225 e. The van der Waals surface area contributed by atoms with Gasteiger partial charge in [-0.15, -0.1) is 47.4 Å². The molecule has 0 amide bonds. The van der Waals surface area contributed by atoms with Gasteiger partial charge >= 0.3 is 0 Å². The molecule has 2 aliphatic rings. The summed E-state index contributed by atoms with van der Waals surface area (Å²) in [7, 11) is 0. The van der Waals surface area contributed by atoms with Crippen molar-refractivity contribution < 1.29 is 5.11 Å². The van der Waals surface area contributed by atoms with Crippen LogP contribution in [0.4, 0.5) is 5.95 Å². The first-order valence-electron chi connectivity index (χ1n) is 11.6. The van der Waals surface area contributed by atoms with Crippen LogP contribution in [0.25, 0.3) is 0 Å². The number of hydrogen-bond donors (Lipinski definition) is 1. The second-order valence-electron chi connectivity index (χ2n) is 8.89. The van der Waals surface area contributed by atoms with Gasteiger partial charge in [0.05, 0.1) is 19.2 Å². The molecule has 0 bridgehead atoms. The minimum Gasteiger partial charge on any atom is -0.392 e. The lowest BCUT2D eigenvalue weighted by Gasteiger charge is -2.32. The van der Waals surface area contributed by atoms with Gasteiger partial charge in [0.1, 0.15) is 11.6 Å². The minimum atomic E-state index is -0.238. The van der Waals surface area contributed by atoms with E-state index in [1.807, 2.05) is 12.1 Å². The SMILES string of the molecule is Cl.Cl.Cl.OC1CCCN(Cc2nnc(C3CCN(c4ncccn4)CC3)n2Cc2ccccc2)C1. The first-order chi connectivity index (χ1) is 15.8. The van der Waals surface area contributed by atoms with Gasteiger partial charge in [0.2, 0.25) is 5.95 Å². The zero-order valence-corrected chi connectivity index (χ0v) is 22.1. The minimum absolute atomic E-state index is 0. The molecular formula is C24H34Cl3N7O. The highest BCUT2D eigenvalue weighted by Crippen LogP contribution is 2.29. The fraction of sp³-hybridized carbons (Fsp3) is 0.500. The fourth-order valence-electron chi connectivity index (χ4n) is 4.87. The van der Waals surface area contributed by atoms with E-state index in [9.17, 15) is 5.11 Å². The summed E-state index contributed by atoms with van der Waals surface area (Å²) in [4.78, 5) is 13.4. The molecular weight excluding hydrogens is 509 g/mol. The van der Waals surface area contributed by atoms with Gasteiger partial charge in [0, 0.05) is 37.9 Å². The Bertz CT molecular complexity index is 1000. The highest BCUT2D eigenvalue weighted by Gasteiger charge is 2.28. The van der Waals surface area contributed by atoms with Gasteiger partial charge in [-0.1, -0.05) is 30.3 Å². The predicted octanol–water partition coefficient (Wildman–Crippen LogP) is 3.72. The third-order valence-electron chi connectivity index (χ3n) is 6.58. The average molecular weight is 543 g/mol. The number of likely N-dealkylation sites (tertiary alicyclic amines) is 1. The Kier molecular flexibility index (Phi) is 11.7. The van der Waals surface area contributed by atoms with Crippen molar-refractivity contribution in [3.8, 4) is 0 Å². The highest BCUT2D eigenvalue weighted by molar-refractivity contribution is 5.86. The first-order valence-corrected chi connectivity index (χ1v) is 11.6. The molecule has 1 aromatic carbocycles. The monoisotopic (exact) mass is 541 g/mol. The summed E-state index contributed by atoms with van der Waals surface area (Å²) in [5, 5.41) is 19.4. The second-order valence-corrected chi connectivity index (χ2v) is 8.89. The van der Waals surface area contributed by atoms with Crippen molar-refractivity contribution in [1.82, 2.24) is 29.6 Å². The molecule has 8 nitrogen and oxygen atoms in total. The van der Waals surface area contributed by atoms with Crippen LogP contribution >= 0.6 is 37.2 Å². The number of hydrogen-bond acceptors (Lipinski definition) is 7. The van der Waals surface area contributed by atoms with E-state index in [0.717, 1.165) is 76.0 Å². The molecule has 2 saturated heterocycles. The number of aromatic nitrogens is 5. The summed E-state index contributed by atoms with van der Waals surface area (Å²) in [5.74, 6) is 3.25. The Hall–Kier alpha value is -1.97. The molecule has 1 atom stereocenters. The lowest BCUT2D eigenvalue weighted by molar-refractivity contribution is 0.0649. The molecule has 35 heavy (non-hydrogen) atoms. The molecule has 192 valence electrons. The number of aliphatic hydroxyl groups excluding tert-OH is 1. The molecule has 1 unspecified atom stereocenters. The molecule has 0 saturated carbocycles. The van der Waals surface area contributed by atoms with E-state index in [2.05, 4.69) is 53.7 Å². The molecule has 0 spiro atoms. The average Bonchev–Trinajstić information content (AvgIpc) is 3.22.